The Morgan fingerprint density at radius 2 is 1.82 bits per heavy atom. The molecule has 1 aliphatic heterocycles. The first kappa shape index (κ1) is 21.4. The molecule has 0 bridgehead atoms. The lowest BCUT2D eigenvalue weighted by molar-refractivity contribution is -0.144. The van der Waals surface area contributed by atoms with Crippen LogP contribution in [0.4, 0.5) is 11.6 Å². The number of likely N-dealkylation sites (N-methyl/N-ethyl adjacent to an activating group) is 1. The summed E-state index contributed by atoms with van der Waals surface area (Å²) in [6.07, 6.45) is 4.96. The summed E-state index contributed by atoms with van der Waals surface area (Å²) in [5.41, 5.74) is 0.940. The fourth-order valence-corrected chi connectivity index (χ4v) is 3.57. The minimum Gasteiger partial charge on any atom is -0.467 e. The minimum atomic E-state index is -1.71. The van der Waals surface area contributed by atoms with Crippen LogP contribution in [0, 0.1) is 0 Å². The van der Waals surface area contributed by atoms with E-state index in [1.165, 1.54) is 12.0 Å². The number of carbonyl (C=O) groups is 1. The molecule has 172 valence electrons. The van der Waals surface area contributed by atoms with E-state index >= 15 is 0 Å². The van der Waals surface area contributed by atoms with Gasteiger partial charge in [0.15, 0.2) is 5.76 Å². The van der Waals surface area contributed by atoms with Crippen molar-refractivity contribution in [2.75, 3.05) is 26.0 Å². The first-order valence-electron chi connectivity index (χ1n) is 10.4. The van der Waals surface area contributed by atoms with Crippen LogP contribution in [-0.2, 0) is 10.4 Å². The molecule has 12 nitrogen and oxygen atoms in total. The van der Waals surface area contributed by atoms with Crippen LogP contribution < -0.4 is 10.1 Å². The maximum Gasteiger partial charge on any atom is 0.316 e. The molecule has 1 saturated heterocycles. The SMILES string of the molecule is COc1ncc(Nc2nccc(-c3cccc(-c4cc([C@]5(O)CCN(C)C5=O)on4)n3)n2)cn1. The average molecular weight is 460 g/mol. The van der Waals surface area contributed by atoms with Gasteiger partial charge in [-0.05, 0) is 18.2 Å². The van der Waals surface area contributed by atoms with Gasteiger partial charge in [0.05, 0.1) is 42.3 Å². The lowest BCUT2D eigenvalue weighted by atomic mass is 9.98. The third kappa shape index (κ3) is 3.90. The van der Waals surface area contributed by atoms with E-state index in [1.54, 1.807) is 49.9 Å². The Kier molecular flexibility index (Phi) is 5.34. The van der Waals surface area contributed by atoms with E-state index in [4.69, 9.17) is 9.26 Å². The van der Waals surface area contributed by atoms with Gasteiger partial charge in [-0.2, -0.15) is 0 Å². The summed E-state index contributed by atoms with van der Waals surface area (Å²) < 4.78 is 10.3. The van der Waals surface area contributed by atoms with Crippen LogP contribution in [0.5, 0.6) is 6.01 Å². The van der Waals surface area contributed by atoms with Gasteiger partial charge in [-0.1, -0.05) is 11.2 Å². The molecule has 0 saturated carbocycles. The average Bonchev–Trinajstić information content (AvgIpc) is 3.47. The van der Waals surface area contributed by atoms with Crippen molar-refractivity contribution in [3.05, 3.63) is 54.7 Å². The van der Waals surface area contributed by atoms with Crippen LogP contribution in [0.2, 0.25) is 0 Å². The summed E-state index contributed by atoms with van der Waals surface area (Å²) in [5, 5.41) is 17.8. The molecule has 0 spiro atoms. The van der Waals surface area contributed by atoms with Crippen molar-refractivity contribution in [3.63, 3.8) is 0 Å². The van der Waals surface area contributed by atoms with Crippen LogP contribution in [0.3, 0.4) is 0 Å². The predicted octanol–water partition coefficient (Wildman–Crippen LogP) is 1.79. The highest BCUT2D eigenvalue weighted by molar-refractivity contribution is 5.87. The number of anilines is 2. The summed E-state index contributed by atoms with van der Waals surface area (Å²) in [6.45, 7) is 0.436. The quantitative estimate of drug-likeness (QED) is 0.433. The number of pyridine rings is 1. The second kappa shape index (κ2) is 8.48. The van der Waals surface area contributed by atoms with E-state index in [0.717, 1.165) is 0 Å². The van der Waals surface area contributed by atoms with Crippen molar-refractivity contribution < 1.29 is 19.2 Å². The number of aromatic nitrogens is 6. The van der Waals surface area contributed by atoms with E-state index in [0.29, 0.717) is 41.0 Å². The zero-order valence-electron chi connectivity index (χ0n) is 18.3. The Morgan fingerprint density at radius 3 is 2.53 bits per heavy atom. The molecule has 5 rings (SSSR count). The van der Waals surface area contributed by atoms with Crippen LogP contribution in [0.15, 0.2) is 53.4 Å². The van der Waals surface area contributed by atoms with E-state index in [-0.39, 0.29) is 18.2 Å². The number of ether oxygens (including phenoxy) is 1. The molecule has 1 aliphatic rings. The number of nitrogens with one attached hydrogen (secondary N) is 1. The van der Waals surface area contributed by atoms with Crippen molar-refractivity contribution in [1.29, 1.82) is 0 Å². The number of methoxy groups -OCH3 is 1. The highest BCUT2D eigenvalue weighted by Crippen LogP contribution is 2.34. The highest BCUT2D eigenvalue weighted by atomic mass is 16.5. The topological polar surface area (TPSA) is 152 Å². The fraction of sp³-hybridized carbons (Fsp3) is 0.227. The molecule has 2 N–H and O–H groups in total. The molecule has 5 heterocycles. The molecule has 1 amide bonds. The monoisotopic (exact) mass is 460 g/mol. The number of hydrogen-bond acceptors (Lipinski definition) is 11. The number of rotatable bonds is 6. The van der Waals surface area contributed by atoms with Gasteiger partial charge in [0.1, 0.15) is 5.69 Å². The molecule has 0 aromatic carbocycles. The van der Waals surface area contributed by atoms with Gasteiger partial charge in [0, 0.05) is 32.3 Å². The third-order valence-electron chi connectivity index (χ3n) is 5.42. The Labute approximate surface area is 193 Å². The molecular formula is C22H20N8O4. The smallest absolute Gasteiger partial charge is 0.316 e. The highest BCUT2D eigenvalue weighted by Gasteiger charge is 2.48. The van der Waals surface area contributed by atoms with Gasteiger partial charge in [0.2, 0.25) is 11.5 Å². The first-order valence-corrected chi connectivity index (χ1v) is 10.4. The zero-order chi connectivity index (χ0) is 23.7. The molecule has 4 aromatic rings. The molecule has 1 fully saturated rings. The standard InChI is InChI=1S/C22H20N8O4/c1-30-9-7-22(32,19(30)31)18-10-17(29-34-18)15-5-3-4-14(27-15)16-6-8-23-20(28-16)26-13-11-24-21(33-2)25-12-13/h3-6,8,10-12,32H,7,9H2,1-2H3,(H,23,26,28)/t22-/m1/s1. The van der Waals surface area contributed by atoms with E-state index in [2.05, 4.69) is 35.4 Å². The van der Waals surface area contributed by atoms with E-state index in [9.17, 15) is 9.90 Å². The van der Waals surface area contributed by atoms with Gasteiger partial charge in [-0.15, -0.1) is 0 Å². The summed E-state index contributed by atoms with van der Waals surface area (Å²) in [7, 11) is 3.12. The van der Waals surface area contributed by atoms with Gasteiger partial charge >= 0.3 is 6.01 Å². The lowest BCUT2D eigenvalue weighted by Gasteiger charge is -2.16. The Hall–Kier alpha value is -4.45. The zero-order valence-corrected chi connectivity index (χ0v) is 18.3. The van der Waals surface area contributed by atoms with Crippen LogP contribution in [-0.4, -0.2) is 66.7 Å². The van der Waals surface area contributed by atoms with Crippen LogP contribution in [0.1, 0.15) is 12.2 Å². The normalized spacial score (nSPS) is 17.7. The Balaban J connectivity index is 1.39. The van der Waals surface area contributed by atoms with Crippen molar-refractivity contribution in [1.82, 2.24) is 35.0 Å². The summed E-state index contributed by atoms with van der Waals surface area (Å²) in [5.74, 6) is 0.0211. The molecule has 0 unspecified atom stereocenters. The number of aliphatic hydroxyl groups is 1. The first-order chi connectivity index (χ1) is 16.5. The maximum atomic E-state index is 12.3. The third-order valence-corrected chi connectivity index (χ3v) is 5.42. The van der Waals surface area contributed by atoms with Gasteiger partial charge < -0.3 is 24.6 Å². The molecule has 4 aromatic heterocycles. The second-order valence-electron chi connectivity index (χ2n) is 7.67. The summed E-state index contributed by atoms with van der Waals surface area (Å²) in [6, 6.07) is 8.89. The van der Waals surface area contributed by atoms with E-state index in [1.807, 2.05) is 6.07 Å². The maximum absolute atomic E-state index is 12.3. The molecular weight excluding hydrogens is 440 g/mol. The van der Waals surface area contributed by atoms with E-state index < -0.39 is 11.5 Å². The van der Waals surface area contributed by atoms with Crippen molar-refractivity contribution in [2.45, 2.75) is 12.0 Å². The van der Waals surface area contributed by atoms with Gasteiger partial charge in [-0.3, -0.25) is 4.79 Å². The fourth-order valence-electron chi connectivity index (χ4n) is 3.57. The number of carbonyl (C=O) groups excluding carboxylic acids is 1. The molecule has 34 heavy (non-hydrogen) atoms. The number of likely N-dealkylation sites (tertiary alicyclic amines) is 1. The Morgan fingerprint density at radius 1 is 1.09 bits per heavy atom. The molecule has 0 radical (unpaired) electrons. The molecule has 0 aliphatic carbocycles. The second-order valence-corrected chi connectivity index (χ2v) is 7.67. The number of amides is 1. The van der Waals surface area contributed by atoms with Crippen molar-refractivity contribution >= 4 is 17.5 Å². The largest absolute Gasteiger partial charge is 0.467 e. The van der Waals surface area contributed by atoms with Crippen molar-refractivity contribution in [2.24, 2.45) is 0 Å². The van der Waals surface area contributed by atoms with Gasteiger partial charge in [0.25, 0.3) is 5.91 Å². The molecule has 1 atom stereocenters. The predicted molar refractivity (Wildman–Crippen MR) is 119 cm³/mol. The summed E-state index contributed by atoms with van der Waals surface area (Å²) >= 11 is 0. The Bertz CT molecular complexity index is 1340. The van der Waals surface area contributed by atoms with Gasteiger partial charge in [-0.25, -0.2) is 24.9 Å². The molecule has 12 heteroatoms. The van der Waals surface area contributed by atoms with Crippen molar-refractivity contribution in [3.8, 4) is 28.8 Å². The van der Waals surface area contributed by atoms with Crippen LogP contribution >= 0.6 is 0 Å². The lowest BCUT2D eigenvalue weighted by Crippen LogP contribution is -2.35. The van der Waals surface area contributed by atoms with Crippen LogP contribution in [0.25, 0.3) is 22.8 Å². The number of nitrogens with zero attached hydrogens (tertiary/aromatic N) is 7. The number of hydrogen-bond donors (Lipinski definition) is 2. The minimum absolute atomic E-state index is 0.0966. The summed E-state index contributed by atoms with van der Waals surface area (Å²) in [4.78, 5) is 35.2.